The second kappa shape index (κ2) is 28.6. The average Bonchev–Trinajstić information content (AvgIpc) is 0.810. The number of pyridine rings is 5. The van der Waals surface area contributed by atoms with E-state index in [1.54, 1.807) is 18.5 Å². The molecule has 5 heteroatoms. The first kappa shape index (κ1) is 53.6. The lowest BCUT2D eigenvalue weighted by molar-refractivity contribution is -0.667. The lowest BCUT2D eigenvalue weighted by atomic mass is 9.97. The molecule has 440 valence electrons. The Labute approximate surface area is 526 Å². The monoisotopic (exact) mass is 1140 g/mol. The van der Waals surface area contributed by atoms with Gasteiger partial charge >= 0.3 is 0 Å². The van der Waals surface area contributed by atoms with Gasteiger partial charge in [0.1, 0.15) is 35.2 Å². The van der Waals surface area contributed by atoms with E-state index in [0.29, 0.717) is 16.7 Å². The molecule has 0 aliphatic rings. The summed E-state index contributed by atoms with van der Waals surface area (Å²) in [6, 6.07) is 45.8. The van der Waals surface area contributed by atoms with Crippen molar-refractivity contribution in [2.45, 2.75) is 138 Å². The van der Waals surface area contributed by atoms with E-state index in [1.165, 1.54) is 95.0 Å². The van der Waals surface area contributed by atoms with Gasteiger partial charge in [0.15, 0.2) is 30.0 Å². The Morgan fingerprint density at radius 1 is 0.271 bits per heavy atom. The largest absolute Gasteiger partial charge is 0.215 e. The van der Waals surface area contributed by atoms with Crippen molar-refractivity contribution in [3.8, 4) is 56.3 Å². The third-order valence-electron chi connectivity index (χ3n) is 16.9. The van der Waals surface area contributed by atoms with E-state index in [1.807, 2.05) is 88.3 Å². The van der Waals surface area contributed by atoms with Crippen LogP contribution in [0.3, 0.4) is 0 Å². The molecule has 0 aliphatic heterocycles. The quantitative estimate of drug-likeness (QED) is 0.153. The van der Waals surface area contributed by atoms with Crippen molar-refractivity contribution in [3.63, 3.8) is 0 Å². The number of aryl methyl sites for hydroxylation is 21. The van der Waals surface area contributed by atoms with Crippen molar-refractivity contribution in [2.24, 2.45) is 35.2 Å². The number of aromatic nitrogens is 5. The molecule has 0 aliphatic carbocycles. The zero-order valence-electron chi connectivity index (χ0n) is 64.2. The van der Waals surface area contributed by atoms with Gasteiger partial charge in [-0.2, -0.15) is 9.13 Å². The van der Waals surface area contributed by atoms with Crippen molar-refractivity contribution in [1.82, 2.24) is 0 Å². The maximum absolute atomic E-state index is 7.65. The molecule has 0 spiro atoms. The van der Waals surface area contributed by atoms with Crippen LogP contribution in [-0.4, -0.2) is 0 Å². The third kappa shape index (κ3) is 15.6. The van der Waals surface area contributed by atoms with Crippen molar-refractivity contribution in [1.29, 1.82) is 0 Å². The van der Waals surface area contributed by atoms with Gasteiger partial charge in [-0.1, -0.05) is 78.4 Å². The van der Waals surface area contributed by atoms with Crippen LogP contribution in [0.4, 0.5) is 0 Å². The highest BCUT2D eigenvalue weighted by atomic mass is 15.0. The molecule has 0 atom stereocenters. The topological polar surface area (TPSA) is 19.4 Å². The maximum atomic E-state index is 7.65. The minimum absolute atomic E-state index is 0.411. The van der Waals surface area contributed by atoms with Gasteiger partial charge < -0.3 is 0 Å². The summed E-state index contributed by atoms with van der Waals surface area (Å²) < 4.78 is 78.9. The first-order chi connectivity index (χ1) is 43.7. The van der Waals surface area contributed by atoms with E-state index >= 15 is 0 Å². The molecule has 0 fully saturated rings. The van der Waals surface area contributed by atoms with Crippen LogP contribution in [0.25, 0.3) is 56.3 Å². The summed E-state index contributed by atoms with van der Waals surface area (Å²) in [6.45, 7) is 29.2. The summed E-state index contributed by atoms with van der Waals surface area (Å²) in [5.74, 6) is 0. The Hall–Kier alpha value is -8.15. The normalized spacial score (nSPS) is 12.7. The molecule has 85 heavy (non-hydrogen) atoms. The molecule has 10 aromatic rings. The molecular formula is C80H100N5+5. The third-order valence-corrected chi connectivity index (χ3v) is 16.9. The first-order valence-electron chi connectivity index (χ1n) is 34.0. The van der Waals surface area contributed by atoms with Crippen molar-refractivity contribution < 1.29 is 35.2 Å². The Morgan fingerprint density at radius 3 is 1.05 bits per heavy atom. The molecule has 0 radical (unpaired) electrons. The van der Waals surface area contributed by atoms with Gasteiger partial charge in [-0.3, -0.25) is 0 Å². The fraction of sp³-hybridized carbons (Fsp3) is 0.312. The number of hydrogen-bond acceptors (Lipinski definition) is 0. The van der Waals surface area contributed by atoms with Gasteiger partial charge in [0.05, 0.1) is 11.1 Å². The molecule has 10 rings (SSSR count). The number of benzene rings is 5. The zero-order valence-corrected chi connectivity index (χ0v) is 55.2. The molecule has 0 amide bonds. The second-order valence-corrected chi connectivity index (χ2v) is 23.6. The van der Waals surface area contributed by atoms with Gasteiger partial charge in [-0.25, -0.2) is 13.7 Å². The Balaban J connectivity index is 0.000000187. The van der Waals surface area contributed by atoms with Crippen LogP contribution in [0.15, 0.2) is 152 Å². The summed E-state index contributed by atoms with van der Waals surface area (Å²) in [7, 11) is 10.1. The molecule has 0 bridgehead atoms. The van der Waals surface area contributed by atoms with Crippen LogP contribution in [-0.2, 0) is 35.2 Å². The highest BCUT2D eigenvalue weighted by Gasteiger charge is 2.21. The molecule has 0 unspecified atom stereocenters. The fourth-order valence-electron chi connectivity index (χ4n) is 11.0. The van der Waals surface area contributed by atoms with Crippen molar-refractivity contribution >= 4 is 0 Å². The Kier molecular flexibility index (Phi) is 18.0. The van der Waals surface area contributed by atoms with Crippen LogP contribution in [0.5, 0.6) is 0 Å². The zero-order chi connectivity index (χ0) is 70.4. The van der Waals surface area contributed by atoms with E-state index in [-0.39, 0.29) is 0 Å². The molecule has 5 heterocycles. The minimum atomic E-state index is -2.07. The molecule has 0 saturated heterocycles. The molecule has 5 aromatic heterocycles. The number of nitrogens with zero attached hydrogens (tertiary/aromatic N) is 5. The SMILES string of the molecule is Cc1cc(-c2c(C)cccc2C)[n+](C)cc1C.Cc1cccc(-c2c(C)ccc(C)[n+]2C)c1C.[2H]C([2H])([2H])c1c[n+](C)c(-c2c(C)cccc2C)cc1C.[2H]C([2H])([2H])c1c[n+](C)c(-c2cc(C)ccc2C)cc1C.[2H]C([2H])([2H])c1cccc(-c2c(C)ccc(C)[n+]2C)c1C. The van der Waals surface area contributed by atoms with Crippen LogP contribution < -0.4 is 22.8 Å². The summed E-state index contributed by atoms with van der Waals surface area (Å²) in [5, 5.41) is 0. The summed E-state index contributed by atoms with van der Waals surface area (Å²) >= 11 is 0. The fourth-order valence-corrected chi connectivity index (χ4v) is 11.0. The van der Waals surface area contributed by atoms with Gasteiger partial charge in [-0.15, -0.1) is 0 Å². The summed E-state index contributed by atoms with van der Waals surface area (Å²) in [4.78, 5) is 0. The van der Waals surface area contributed by atoms with Crippen LogP contribution in [0.2, 0.25) is 0 Å². The number of hydrogen-bond donors (Lipinski definition) is 0. The lowest BCUT2D eigenvalue weighted by Gasteiger charge is -2.10. The van der Waals surface area contributed by atoms with Crippen molar-refractivity contribution in [2.75, 3.05) is 0 Å². The van der Waals surface area contributed by atoms with E-state index in [4.69, 9.17) is 12.3 Å². The smallest absolute Gasteiger partial charge is 0.201 e. The Bertz CT molecular complexity index is 4380. The predicted molar refractivity (Wildman–Crippen MR) is 360 cm³/mol. The molecule has 0 N–H and O–H groups in total. The average molecular weight is 1140 g/mol. The van der Waals surface area contributed by atoms with Gasteiger partial charge in [0.25, 0.3) is 0 Å². The minimum Gasteiger partial charge on any atom is -0.201 e. The summed E-state index contributed by atoms with van der Waals surface area (Å²) in [5.41, 5.74) is 33.2. The number of rotatable bonds is 5. The highest BCUT2D eigenvalue weighted by Crippen LogP contribution is 2.30. The summed E-state index contributed by atoms with van der Waals surface area (Å²) in [6.07, 6.45) is 5.65. The molecular weight excluding hydrogens is 1030 g/mol. The maximum Gasteiger partial charge on any atom is 0.215 e. The van der Waals surface area contributed by atoms with Crippen LogP contribution in [0.1, 0.15) is 124 Å². The standard InChI is InChI=1S/5C16H20N/c1-11-6-7-12(2)15(8-11)16-9-13(3)14(4)10-17(16)5;2*1-11-7-6-8-12(2)16(11)15-9-13(3)14(4)10-17(15)5;2*1-11-7-6-8-15(14(11)4)16-12(2)9-10-13(3)17(16)5/h5*6-10H,1-5H3/q5*+1/i2*4D3;;1D3;. The van der Waals surface area contributed by atoms with E-state index in [9.17, 15) is 0 Å². The van der Waals surface area contributed by atoms with E-state index in [0.717, 1.165) is 56.2 Å². The van der Waals surface area contributed by atoms with Crippen LogP contribution in [0, 0.1) is 138 Å². The molecule has 5 nitrogen and oxygen atoms in total. The van der Waals surface area contributed by atoms with Gasteiger partial charge in [-0.05, 0) is 222 Å². The lowest BCUT2D eigenvalue weighted by Crippen LogP contribution is -2.35. The molecule has 0 saturated carbocycles. The van der Waals surface area contributed by atoms with Crippen molar-refractivity contribution in [3.05, 3.63) is 264 Å². The van der Waals surface area contributed by atoms with Gasteiger partial charge in [0.2, 0.25) is 28.5 Å². The predicted octanol–water partition coefficient (Wildman–Crippen LogP) is 17.1. The van der Waals surface area contributed by atoms with E-state index < -0.39 is 20.6 Å². The van der Waals surface area contributed by atoms with Gasteiger partial charge in [0, 0.05) is 101 Å². The first-order valence-corrected chi connectivity index (χ1v) is 29.5. The highest BCUT2D eigenvalue weighted by molar-refractivity contribution is 5.69. The second-order valence-electron chi connectivity index (χ2n) is 23.6. The Morgan fingerprint density at radius 2 is 0.612 bits per heavy atom. The van der Waals surface area contributed by atoms with E-state index in [2.05, 4.69) is 221 Å². The van der Waals surface area contributed by atoms with Crippen LogP contribution >= 0.6 is 0 Å². The molecule has 5 aromatic carbocycles.